The van der Waals surface area contributed by atoms with E-state index in [9.17, 15) is 4.79 Å². The average Bonchev–Trinajstić information content (AvgIpc) is 3.38. The molecule has 174 valence electrons. The number of nitrogens with one attached hydrogen (secondary N) is 1. The predicted octanol–water partition coefficient (Wildman–Crippen LogP) is 4.68. The Morgan fingerprint density at radius 1 is 0.941 bits per heavy atom. The first-order valence-electron chi connectivity index (χ1n) is 10.7. The van der Waals surface area contributed by atoms with Gasteiger partial charge < -0.3 is 24.1 Å². The lowest BCUT2D eigenvalue weighted by atomic mass is 10.1. The molecule has 4 aromatic rings. The van der Waals surface area contributed by atoms with Crippen molar-refractivity contribution in [2.24, 2.45) is 0 Å². The van der Waals surface area contributed by atoms with Gasteiger partial charge in [-0.3, -0.25) is 4.79 Å². The smallest absolute Gasteiger partial charge is 0.258 e. The van der Waals surface area contributed by atoms with Crippen molar-refractivity contribution in [2.75, 3.05) is 20.8 Å². The summed E-state index contributed by atoms with van der Waals surface area (Å²) in [7, 11) is 3.15. The summed E-state index contributed by atoms with van der Waals surface area (Å²) < 4.78 is 21.6. The van der Waals surface area contributed by atoms with Crippen molar-refractivity contribution in [1.82, 2.24) is 15.5 Å². The van der Waals surface area contributed by atoms with E-state index >= 15 is 0 Å². The maximum atomic E-state index is 12.4. The van der Waals surface area contributed by atoms with Crippen molar-refractivity contribution in [1.29, 1.82) is 0 Å². The highest BCUT2D eigenvalue weighted by Gasteiger charge is 2.14. The molecule has 0 saturated carbocycles. The topological polar surface area (TPSA) is 95.7 Å². The van der Waals surface area contributed by atoms with Gasteiger partial charge in [0.15, 0.2) is 18.1 Å². The monoisotopic (exact) mass is 459 g/mol. The lowest BCUT2D eigenvalue weighted by Gasteiger charge is -2.17. The summed E-state index contributed by atoms with van der Waals surface area (Å²) in [5.74, 6) is 2.49. The molecule has 8 nitrogen and oxygen atoms in total. The van der Waals surface area contributed by atoms with Crippen molar-refractivity contribution in [3.8, 4) is 40.1 Å². The molecule has 1 atom stereocenters. The van der Waals surface area contributed by atoms with Crippen LogP contribution in [0.3, 0.4) is 0 Å². The van der Waals surface area contributed by atoms with E-state index in [4.69, 9.17) is 18.7 Å². The molecule has 0 radical (unpaired) electrons. The van der Waals surface area contributed by atoms with Gasteiger partial charge in [0.2, 0.25) is 5.82 Å². The number of aromatic nitrogens is 2. The van der Waals surface area contributed by atoms with Crippen LogP contribution in [-0.4, -0.2) is 36.9 Å². The maximum Gasteiger partial charge on any atom is 0.258 e. The molecule has 0 spiro atoms. The molecule has 3 aromatic carbocycles. The third-order valence-corrected chi connectivity index (χ3v) is 5.21. The van der Waals surface area contributed by atoms with Crippen molar-refractivity contribution < 1.29 is 23.5 Å². The summed E-state index contributed by atoms with van der Waals surface area (Å²) in [5, 5.41) is 6.95. The molecule has 1 heterocycles. The van der Waals surface area contributed by atoms with Crippen LogP contribution in [0.5, 0.6) is 17.2 Å². The Kier molecular flexibility index (Phi) is 7.07. The molecule has 34 heavy (non-hydrogen) atoms. The summed E-state index contributed by atoms with van der Waals surface area (Å²) >= 11 is 0. The molecule has 1 N–H and O–H groups in total. The highest BCUT2D eigenvalue weighted by atomic mass is 16.5. The van der Waals surface area contributed by atoms with Crippen LogP contribution in [0.15, 0.2) is 77.3 Å². The predicted molar refractivity (Wildman–Crippen MR) is 127 cm³/mol. The van der Waals surface area contributed by atoms with Crippen molar-refractivity contribution in [2.45, 2.75) is 13.0 Å². The molecule has 0 aliphatic carbocycles. The van der Waals surface area contributed by atoms with Gasteiger partial charge in [0, 0.05) is 11.1 Å². The molecule has 0 bridgehead atoms. The minimum absolute atomic E-state index is 0.115. The molecule has 0 aliphatic rings. The number of hydrogen-bond acceptors (Lipinski definition) is 7. The Bertz CT molecular complexity index is 1240. The quantitative estimate of drug-likeness (QED) is 0.388. The molecule has 8 heteroatoms. The lowest BCUT2D eigenvalue weighted by molar-refractivity contribution is -0.123. The molecule has 4 rings (SSSR count). The lowest BCUT2D eigenvalue weighted by Crippen LogP contribution is -2.31. The standard InChI is InChI=1S/C26H25N3O5/c1-17(20-11-14-22(31-2)23(15-20)32-3)27-24(30)16-33-21-12-9-19(10-13-21)26-28-25(29-34-26)18-7-5-4-6-8-18/h4-15,17H,16H2,1-3H3,(H,27,30). The Labute approximate surface area is 197 Å². The largest absolute Gasteiger partial charge is 0.493 e. The fraction of sp³-hybridized carbons (Fsp3) is 0.192. The number of methoxy groups -OCH3 is 2. The van der Waals surface area contributed by atoms with Crippen LogP contribution in [0.2, 0.25) is 0 Å². The number of nitrogens with zero attached hydrogens (tertiary/aromatic N) is 2. The normalized spacial score (nSPS) is 11.5. The number of carbonyl (C=O) groups excluding carboxylic acids is 1. The molecule has 0 saturated heterocycles. The zero-order valence-corrected chi connectivity index (χ0v) is 19.1. The van der Waals surface area contributed by atoms with Gasteiger partial charge in [-0.2, -0.15) is 4.98 Å². The Morgan fingerprint density at radius 2 is 1.68 bits per heavy atom. The van der Waals surface area contributed by atoms with Gasteiger partial charge in [-0.15, -0.1) is 0 Å². The van der Waals surface area contributed by atoms with Crippen LogP contribution in [0.1, 0.15) is 18.5 Å². The second-order valence-corrected chi connectivity index (χ2v) is 7.51. The van der Waals surface area contributed by atoms with E-state index in [-0.39, 0.29) is 18.6 Å². The molecule has 1 aromatic heterocycles. The van der Waals surface area contributed by atoms with Gasteiger partial charge in [0.25, 0.3) is 11.8 Å². The number of benzene rings is 3. The molecular formula is C26H25N3O5. The number of rotatable bonds is 9. The van der Waals surface area contributed by atoms with E-state index in [1.54, 1.807) is 32.4 Å². The average molecular weight is 460 g/mol. The molecule has 0 fully saturated rings. The summed E-state index contributed by atoms with van der Waals surface area (Å²) in [5.41, 5.74) is 2.53. The van der Waals surface area contributed by atoms with Crippen molar-refractivity contribution in [3.05, 3.63) is 78.4 Å². The van der Waals surface area contributed by atoms with Crippen LogP contribution < -0.4 is 19.5 Å². The van der Waals surface area contributed by atoms with Gasteiger partial charge in [0.1, 0.15) is 5.75 Å². The molecule has 0 aliphatic heterocycles. The highest BCUT2D eigenvalue weighted by Crippen LogP contribution is 2.30. The second kappa shape index (κ2) is 10.5. The molecule has 1 amide bonds. The number of carbonyl (C=O) groups is 1. The van der Waals surface area contributed by atoms with Gasteiger partial charge in [-0.05, 0) is 48.9 Å². The summed E-state index contributed by atoms with van der Waals surface area (Å²) in [4.78, 5) is 16.8. The van der Waals surface area contributed by atoms with E-state index < -0.39 is 0 Å². The van der Waals surface area contributed by atoms with E-state index in [0.717, 1.165) is 16.7 Å². The van der Waals surface area contributed by atoms with Gasteiger partial charge in [-0.1, -0.05) is 41.6 Å². The first kappa shape index (κ1) is 22.8. The maximum absolute atomic E-state index is 12.4. The summed E-state index contributed by atoms with van der Waals surface area (Å²) in [6.45, 7) is 1.78. The van der Waals surface area contributed by atoms with Gasteiger partial charge >= 0.3 is 0 Å². The zero-order valence-electron chi connectivity index (χ0n) is 19.1. The SMILES string of the molecule is COc1ccc(C(C)NC(=O)COc2ccc(-c3nc(-c4ccccc4)no3)cc2)cc1OC. The van der Waals surface area contributed by atoms with Crippen LogP contribution in [-0.2, 0) is 4.79 Å². The van der Waals surface area contributed by atoms with Crippen molar-refractivity contribution in [3.63, 3.8) is 0 Å². The van der Waals surface area contributed by atoms with Gasteiger partial charge in [-0.25, -0.2) is 0 Å². The minimum atomic E-state index is -0.240. The van der Waals surface area contributed by atoms with Crippen LogP contribution in [0.4, 0.5) is 0 Å². The van der Waals surface area contributed by atoms with Gasteiger partial charge in [0.05, 0.1) is 20.3 Å². The zero-order chi connectivity index (χ0) is 23.9. The number of ether oxygens (including phenoxy) is 3. The summed E-state index contributed by atoms with van der Waals surface area (Å²) in [6, 6.07) is 22.0. The minimum Gasteiger partial charge on any atom is -0.493 e. The van der Waals surface area contributed by atoms with E-state index in [1.165, 1.54) is 0 Å². The van der Waals surface area contributed by atoms with Crippen LogP contribution in [0, 0.1) is 0 Å². The fourth-order valence-electron chi connectivity index (χ4n) is 3.38. The number of amides is 1. The first-order valence-corrected chi connectivity index (χ1v) is 10.7. The highest BCUT2D eigenvalue weighted by molar-refractivity contribution is 5.78. The van der Waals surface area contributed by atoms with E-state index in [2.05, 4.69) is 15.5 Å². The Morgan fingerprint density at radius 3 is 2.38 bits per heavy atom. The Balaban J connectivity index is 1.32. The third kappa shape index (κ3) is 5.35. The number of hydrogen-bond donors (Lipinski definition) is 1. The van der Waals surface area contributed by atoms with Crippen molar-refractivity contribution >= 4 is 5.91 Å². The third-order valence-electron chi connectivity index (χ3n) is 5.21. The molecular weight excluding hydrogens is 434 g/mol. The first-order chi connectivity index (χ1) is 16.6. The second-order valence-electron chi connectivity index (χ2n) is 7.51. The molecule has 1 unspecified atom stereocenters. The van der Waals surface area contributed by atoms with Crippen LogP contribution in [0.25, 0.3) is 22.8 Å². The fourth-order valence-corrected chi connectivity index (χ4v) is 3.38. The van der Waals surface area contributed by atoms with Crippen LogP contribution >= 0.6 is 0 Å². The Hall–Kier alpha value is -4.33. The van der Waals surface area contributed by atoms with E-state index in [1.807, 2.05) is 61.5 Å². The van der Waals surface area contributed by atoms with E-state index in [0.29, 0.717) is 29.0 Å². The summed E-state index contributed by atoms with van der Waals surface area (Å²) in [6.07, 6.45) is 0.